The van der Waals surface area contributed by atoms with Gasteiger partial charge in [0.2, 0.25) is 0 Å². The molecular weight excluding hydrogens is 967 g/mol. The second kappa shape index (κ2) is 17.1. The first-order valence-electron chi connectivity index (χ1n) is 27.7. The summed E-state index contributed by atoms with van der Waals surface area (Å²) in [7, 11) is 0. The molecule has 1 aromatic heterocycles. The van der Waals surface area contributed by atoms with Crippen molar-refractivity contribution in [3.8, 4) is 112 Å². The maximum absolute atomic E-state index is 5.43. The number of hydrogen-bond acceptors (Lipinski definition) is 3. The number of hydrogen-bond donors (Lipinski definition) is 0. The molecule has 0 bridgehead atoms. The number of nitrogens with zero attached hydrogens (tertiary/aromatic N) is 3. The molecule has 3 heteroatoms. The molecule has 1 heterocycles. The van der Waals surface area contributed by atoms with Crippen LogP contribution in [0.1, 0.15) is 44.5 Å². The van der Waals surface area contributed by atoms with E-state index in [1.807, 2.05) is 18.2 Å². The molecule has 0 aliphatic heterocycles. The molecule has 0 amide bonds. The Bertz CT molecular complexity index is 4370. The van der Waals surface area contributed by atoms with Crippen molar-refractivity contribution in [1.29, 1.82) is 0 Å². The van der Waals surface area contributed by atoms with Gasteiger partial charge in [-0.15, -0.1) is 0 Å². The average Bonchev–Trinajstić information content (AvgIpc) is 4.39. The summed E-state index contributed by atoms with van der Waals surface area (Å²) in [6.07, 6.45) is 0. The lowest BCUT2D eigenvalue weighted by molar-refractivity contribution is 0.794. The fourth-order valence-corrected chi connectivity index (χ4v) is 14.4. The topological polar surface area (TPSA) is 38.7 Å². The predicted octanol–water partition coefficient (Wildman–Crippen LogP) is 18.6. The molecular formula is C77H47N3. The lowest BCUT2D eigenvalue weighted by Gasteiger charge is -2.31. The van der Waals surface area contributed by atoms with Crippen LogP contribution in [-0.2, 0) is 10.8 Å². The van der Waals surface area contributed by atoms with Gasteiger partial charge >= 0.3 is 0 Å². The molecule has 13 aromatic rings. The molecule has 2 spiro atoms. The van der Waals surface area contributed by atoms with Gasteiger partial charge < -0.3 is 0 Å². The van der Waals surface area contributed by atoms with Gasteiger partial charge in [-0.05, 0) is 153 Å². The number of rotatable bonds is 6. The maximum Gasteiger partial charge on any atom is 0.164 e. The number of fused-ring (bicyclic) bond motifs is 20. The van der Waals surface area contributed by atoms with E-state index in [1.54, 1.807) is 0 Å². The minimum absolute atomic E-state index is 0.490. The molecule has 12 aromatic carbocycles. The molecule has 0 radical (unpaired) electrons. The quantitative estimate of drug-likeness (QED) is 0.167. The van der Waals surface area contributed by atoms with Gasteiger partial charge in [-0.1, -0.05) is 255 Å². The van der Waals surface area contributed by atoms with Crippen LogP contribution in [0.2, 0.25) is 0 Å². The lowest BCUT2D eigenvalue weighted by Crippen LogP contribution is -2.25. The van der Waals surface area contributed by atoms with Crippen molar-refractivity contribution in [2.45, 2.75) is 10.8 Å². The standard InChI is InChI=1S/C77H47N3/c1-3-19-48(20-4-1)49-35-37-51(38-36-49)74-78-73(50-21-5-2-6-22-50)79-75(80-74)56-44-54(52-39-41-63-61-27-11-17-33-69(61)76(71(63)46-52)65-29-13-7-23-57(65)58-24-8-14-30-66(58)76)43-55(45-56)53-40-42-64-62-28-12-18-34-70(62)77(72(64)47-53)67-31-15-9-25-59(67)60-26-10-16-32-68(60)77/h1-47H. The van der Waals surface area contributed by atoms with Crippen LogP contribution in [0.25, 0.3) is 112 Å². The molecule has 0 unspecified atom stereocenters. The van der Waals surface area contributed by atoms with Crippen LogP contribution < -0.4 is 0 Å². The second-order valence-electron chi connectivity index (χ2n) is 21.7. The van der Waals surface area contributed by atoms with Crippen LogP contribution in [-0.4, -0.2) is 15.0 Å². The lowest BCUT2D eigenvalue weighted by atomic mass is 9.70. The van der Waals surface area contributed by atoms with Crippen LogP contribution in [0.5, 0.6) is 0 Å². The van der Waals surface area contributed by atoms with E-state index in [-0.39, 0.29) is 0 Å². The SMILES string of the molecule is c1ccc(-c2ccc(-c3nc(-c4ccccc4)nc(-c4cc(-c5ccc6c(c5)C5(c7ccccc7-c7ccccc75)c5ccccc5-6)cc(-c5ccc6c(c5)C5(c7ccccc7-c7ccccc75)c5ccccc5-6)c4)n3)cc2)cc1. The highest BCUT2D eigenvalue weighted by Crippen LogP contribution is 2.65. The van der Waals surface area contributed by atoms with Crippen LogP contribution in [0.4, 0.5) is 0 Å². The molecule has 17 rings (SSSR count). The minimum Gasteiger partial charge on any atom is -0.208 e. The largest absolute Gasteiger partial charge is 0.208 e. The van der Waals surface area contributed by atoms with Gasteiger partial charge in [0.15, 0.2) is 17.5 Å². The highest BCUT2D eigenvalue weighted by atomic mass is 15.0. The van der Waals surface area contributed by atoms with Crippen LogP contribution in [0.15, 0.2) is 285 Å². The van der Waals surface area contributed by atoms with Gasteiger partial charge in [-0.2, -0.15) is 0 Å². The Hall–Kier alpha value is -10.4. The maximum atomic E-state index is 5.43. The summed E-state index contributed by atoms with van der Waals surface area (Å²) in [5.74, 6) is 1.85. The Morgan fingerprint density at radius 2 is 0.412 bits per heavy atom. The third kappa shape index (κ3) is 6.23. The molecule has 80 heavy (non-hydrogen) atoms. The van der Waals surface area contributed by atoms with E-state index in [2.05, 4.69) is 267 Å². The molecule has 0 fully saturated rings. The monoisotopic (exact) mass is 1010 g/mol. The van der Waals surface area contributed by atoms with E-state index in [0.717, 1.165) is 50.1 Å². The van der Waals surface area contributed by atoms with Crippen LogP contribution in [0.3, 0.4) is 0 Å². The predicted molar refractivity (Wildman–Crippen MR) is 325 cm³/mol. The highest BCUT2D eigenvalue weighted by molar-refractivity contribution is 5.98. The van der Waals surface area contributed by atoms with Gasteiger partial charge in [0.25, 0.3) is 0 Å². The number of aromatic nitrogens is 3. The molecule has 370 valence electrons. The Balaban J connectivity index is 0.907. The zero-order valence-electron chi connectivity index (χ0n) is 43.5. The van der Waals surface area contributed by atoms with E-state index in [1.165, 1.54) is 89.0 Å². The highest BCUT2D eigenvalue weighted by Gasteiger charge is 2.53. The van der Waals surface area contributed by atoms with Gasteiger partial charge in [0, 0.05) is 16.7 Å². The van der Waals surface area contributed by atoms with E-state index in [0.29, 0.717) is 17.5 Å². The Labute approximate surface area is 464 Å². The fraction of sp³-hybridized carbons (Fsp3) is 0.0260. The molecule has 4 aliphatic rings. The van der Waals surface area contributed by atoms with Crippen molar-refractivity contribution in [3.05, 3.63) is 330 Å². The van der Waals surface area contributed by atoms with Gasteiger partial charge in [0.1, 0.15) is 0 Å². The summed E-state index contributed by atoms with van der Waals surface area (Å²) in [5, 5.41) is 0. The Morgan fingerprint density at radius 1 is 0.163 bits per heavy atom. The summed E-state index contributed by atoms with van der Waals surface area (Å²) in [4.78, 5) is 16.0. The zero-order chi connectivity index (χ0) is 52.5. The first kappa shape index (κ1) is 44.7. The molecule has 3 nitrogen and oxygen atoms in total. The normalized spacial score (nSPS) is 13.7. The van der Waals surface area contributed by atoms with Crippen LogP contribution >= 0.6 is 0 Å². The van der Waals surface area contributed by atoms with Gasteiger partial charge in [-0.3, -0.25) is 0 Å². The van der Waals surface area contributed by atoms with Gasteiger partial charge in [-0.25, -0.2) is 15.0 Å². The Kier molecular flexibility index (Phi) is 9.55. The van der Waals surface area contributed by atoms with Crippen molar-refractivity contribution in [2.24, 2.45) is 0 Å². The minimum atomic E-state index is -0.490. The first-order chi connectivity index (χ1) is 39.6. The number of benzene rings is 12. The van der Waals surface area contributed by atoms with Crippen LogP contribution in [0, 0.1) is 0 Å². The third-order valence-electron chi connectivity index (χ3n) is 17.8. The Morgan fingerprint density at radius 3 is 0.787 bits per heavy atom. The molecule has 4 aliphatic carbocycles. The molecule has 0 N–H and O–H groups in total. The summed E-state index contributed by atoms with van der Waals surface area (Å²) in [5.41, 5.74) is 29.3. The summed E-state index contributed by atoms with van der Waals surface area (Å²) < 4.78 is 0. The van der Waals surface area contributed by atoms with Crippen molar-refractivity contribution >= 4 is 0 Å². The second-order valence-corrected chi connectivity index (χ2v) is 21.7. The van der Waals surface area contributed by atoms with Crippen molar-refractivity contribution < 1.29 is 0 Å². The van der Waals surface area contributed by atoms with E-state index < -0.39 is 10.8 Å². The van der Waals surface area contributed by atoms with Crippen molar-refractivity contribution in [2.75, 3.05) is 0 Å². The van der Waals surface area contributed by atoms with Gasteiger partial charge in [0.05, 0.1) is 10.8 Å². The van der Waals surface area contributed by atoms with E-state index in [9.17, 15) is 0 Å². The molecule has 0 saturated carbocycles. The summed E-state index contributed by atoms with van der Waals surface area (Å²) >= 11 is 0. The summed E-state index contributed by atoms with van der Waals surface area (Å²) in [6, 6.07) is 105. The fourth-order valence-electron chi connectivity index (χ4n) is 14.4. The summed E-state index contributed by atoms with van der Waals surface area (Å²) in [6.45, 7) is 0. The van der Waals surface area contributed by atoms with E-state index in [4.69, 9.17) is 15.0 Å². The smallest absolute Gasteiger partial charge is 0.164 e. The first-order valence-corrected chi connectivity index (χ1v) is 27.7. The zero-order valence-corrected chi connectivity index (χ0v) is 43.5. The van der Waals surface area contributed by atoms with E-state index >= 15 is 0 Å². The molecule has 0 atom stereocenters. The molecule has 0 saturated heterocycles. The van der Waals surface area contributed by atoms with Crippen molar-refractivity contribution in [3.63, 3.8) is 0 Å². The van der Waals surface area contributed by atoms with Crippen molar-refractivity contribution in [1.82, 2.24) is 15.0 Å². The average molecular weight is 1010 g/mol. The third-order valence-corrected chi connectivity index (χ3v) is 17.8.